The Kier molecular flexibility index (Phi) is 4.01. The van der Waals surface area contributed by atoms with Crippen molar-refractivity contribution in [1.82, 2.24) is 10.2 Å². The number of nitrogens with zero attached hydrogens (tertiary/aromatic N) is 3. The van der Waals surface area contributed by atoms with Gasteiger partial charge in [0.05, 0.1) is 24.2 Å². The highest BCUT2D eigenvalue weighted by molar-refractivity contribution is 5.98. The first-order chi connectivity index (χ1) is 8.71. The Morgan fingerprint density at radius 2 is 2.33 bits per heavy atom. The normalized spacial score (nSPS) is 28.8. The van der Waals surface area contributed by atoms with Crippen molar-refractivity contribution in [3.63, 3.8) is 0 Å². The Bertz CT molecular complexity index is 388. The van der Waals surface area contributed by atoms with Crippen LogP contribution in [-0.2, 0) is 4.74 Å². The van der Waals surface area contributed by atoms with E-state index < -0.39 is 0 Å². The van der Waals surface area contributed by atoms with Gasteiger partial charge in [-0.05, 0) is 32.9 Å². The minimum atomic E-state index is 0.116. The van der Waals surface area contributed by atoms with Gasteiger partial charge in [0.1, 0.15) is 6.23 Å². The topological polar surface area (TPSA) is 49.2 Å². The molecule has 18 heavy (non-hydrogen) atoms. The highest BCUT2D eigenvalue weighted by atomic mass is 16.5. The molecule has 2 unspecified atom stereocenters. The van der Waals surface area contributed by atoms with Gasteiger partial charge >= 0.3 is 0 Å². The van der Waals surface area contributed by atoms with E-state index in [0.717, 1.165) is 43.2 Å². The number of allylic oxidation sites excluding steroid dienone is 1. The van der Waals surface area contributed by atoms with Crippen LogP contribution in [0.15, 0.2) is 21.5 Å². The average Bonchev–Trinajstić information content (AvgIpc) is 3.02. The standard InChI is InChI=1S/C13H22N4O/c1-5-10-6-7-11(18-10)17-8-16-12(9(2)14-3)13(17)15-4/h10-11,16H,4-8H2,1-3H3. The van der Waals surface area contributed by atoms with E-state index in [9.17, 15) is 0 Å². The Labute approximate surface area is 109 Å². The van der Waals surface area contributed by atoms with Crippen molar-refractivity contribution in [2.24, 2.45) is 9.98 Å². The molecule has 5 nitrogen and oxygen atoms in total. The molecule has 0 bridgehead atoms. The lowest BCUT2D eigenvalue weighted by Gasteiger charge is -2.25. The molecule has 1 N–H and O–H groups in total. The predicted molar refractivity (Wildman–Crippen MR) is 73.6 cm³/mol. The molecule has 0 aliphatic carbocycles. The molecule has 0 aromatic carbocycles. The molecule has 0 radical (unpaired) electrons. The Balaban J connectivity index is 2.16. The van der Waals surface area contributed by atoms with E-state index in [0.29, 0.717) is 6.10 Å². The average molecular weight is 250 g/mol. The summed E-state index contributed by atoms with van der Waals surface area (Å²) in [5.41, 5.74) is 1.92. The molecule has 1 fully saturated rings. The van der Waals surface area contributed by atoms with Gasteiger partial charge in [0.2, 0.25) is 0 Å². The summed E-state index contributed by atoms with van der Waals surface area (Å²) in [6.45, 7) is 8.53. The highest BCUT2D eigenvalue weighted by Crippen LogP contribution is 2.30. The molecule has 2 aliphatic rings. The first-order valence-corrected chi connectivity index (χ1v) is 6.52. The largest absolute Gasteiger partial charge is 0.363 e. The Morgan fingerprint density at radius 3 is 2.89 bits per heavy atom. The molecule has 2 aliphatic heterocycles. The third-order valence-corrected chi connectivity index (χ3v) is 3.66. The molecule has 0 amide bonds. The minimum absolute atomic E-state index is 0.116. The second kappa shape index (κ2) is 5.52. The van der Waals surface area contributed by atoms with E-state index in [2.05, 4.69) is 33.8 Å². The molecule has 2 rings (SSSR count). The fraction of sp³-hybridized carbons (Fsp3) is 0.692. The minimum Gasteiger partial charge on any atom is -0.363 e. The molecule has 0 aromatic rings. The molecular formula is C13H22N4O. The molecule has 2 heterocycles. The zero-order valence-corrected chi connectivity index (χ0v) is 11.4. The fourth-order valence-corrected chi connectivity index (χ4v) is 2.49. The summed E-state index contributed by atoms with van der Waals surface area (Å²) in [7, 11) is 1.78. The van der Waals surface area contributed by atoms with Crippen LogP contribution in [0.4, 0.5) is 0 Å². The number of hydrogen-bond acceptors (Lipinski definition) is 5. The second-order valence-corrected chi connectivity index (χ2v) is 4.67. The number of ether oxygens (including phenoxy) is 1. The van der Waals surface area contributed by atoms with Crippen molar-refractivity contribution in [3.05, 3.63) is 11.5 Å². The SMILES string of the molecule is C=NC1=C(C(C)=NC)NCN1C1CCC(CC)O1. The molecular weight excluding hydrogens is 228 g/mol. The predicted octanol–water partition coefficient (Wildman–Crippen LogP) is 1.72. The van der Waals surface area contributed by atoms with Gasteiger partial charge in [-0.3, -0.25) is 4.99 Å². The third-order valence-electron chi connectivity index (χ3n) is 3.66. The molecule has 5 heteroatoms. The zero-order valence-electron chi connectivity index (χ0n) is 11.4. The second-order valence-electron chi connectivity index (χ2n) is 4.67. The van der Waals surface area contributed by atoms with Crippen LogP contribution >= 0.6 is 0 Å². The van der Waals surface area contributed by atoms with E-state index in [1.54, 1.807) is 7.05 Å². The molecule has 100 valence electrons. The summed E-state index contributed by atoms with van der Waals surface area (Å²) >= 11 is 0. The Hall–Kier alpha value is -1.36. The van der Waals surface area contributed by atoms with E-state index in [1.807, 2.05) is 6.92 Å². The van der Waals surface area contributed by atoms with Crippen molar-refractivity contribution in [1.29, 1.82) is 0 Å². The summed E-state index contributed by atoms with van der Waals surface area (Å²) in [6.07, 6.45) is 3.74. The van der Waals surface area contributed by atoms with Crippen LogP contribution in [0.25, 0.3) is 0 Å². The summed E-state index contributed by atoms with van der Waals surface area (Å²) < 4.78 is 6.01. The van der Waals surface area contributed by atoms with Crippen molar-refractivity contribution in [2.45, 2.75) is 45.4 Å². The zero-order chi connectivity index (χ0) is 13.1. The van der Waals surface area contributed by atoms with E-state index in [1.165, 1.54) is 0 Å². The van der Waals surface area contributed by atoms with Gasteiger partial charge in [-0.25, -0.2) is 4.99 Å². The number of rotatable bonds is 4. The maximum Gasteiger partial charge on any atom is 0.156 e. The van der Waals surface area contributed by atoms with E-state index in [-0.39, 0.29) is 6.23 Å². The smallest absolute Gasteiger partial charge is 0.156 e. The van der Waals surface area contributed by atoms with Crippen molar-refractivity contribution >= 4 is 12.4 Å². The maximum atomic E-state index is 6.01. The number of nitrogens with one attached hydrogen (secondary N) is 1. The summed E-state index contributed by atoms with van der Waals surface area (Å²) in [4.78, 5) is 10.5. The third kappa shape index (κ3) is 2.27. The summed E-state index contributed by atoms with van der Waals surface area (Å²) in [5.74, 6) is 0.861. The van der Waals surface area contributed by atoms with Gasteiger partial charge < -0.3 is 15.0 Å². The van der Waals surface area contributed by atoms with Gasteiger partial charge in [0.25, 0.3) is 0 Å². The molecule has 0 aromatic heterocycles. The number of hydrogen-bond donors (Lipinski definition) is 1. The van der Waals surface area contributed by atoms with Crippen LogP contribution in [-0.4, -0.2) is 43.4 Å². The van der Waals surface area contributed by atoms with Crippen LogP contribution < -0.4 is 5.32 Å². The van der Waals surface area contributed by atoms with Gasteiger partial charge in [-0.2, -0.15) is 0 Å². The lowest BCUT2D eigenvalue weighted by atomic mass is 10.2. The first-order valence-electron chi connectivity index (χ1n) is 6.52. The van der Waals surface area contributed by atoms with Gasteiger partial charge in [-0.1, -0.05) is 6.92 Å². The van der Waals surface area contributed by atoms with Crippen molar-refractivity contribution < 1.29 is 4.74 Å². The lowest BCUT2D eigenvalue weighted by molar-refractivity contribution is -0.0370. The van der Waals surface area contributed by atoms with E-state index in [4.69, 9.17) is 4.74 Å². The fourth-order valence-electron chi connectivity index (χ4n) is 2.49. The van der Waals surface area contributed by atoms with Crippen LogP contribution in [0.1, 0.15) is 33.1 Å². The van der Waals surface area contributed by atoms with Gasteiger partial charge in [0.15, 0.2) is 5.82 Å². The number of aliphatic imine (C=N–C) groups is 2. The van der Waals surface area contributed by atoms with Crippen molar-refractivity contribution in [3.8, 4) is 0 Å². The van der Waals surface area contributed by atoms with Gasteiger partial charge in [0, 0.05) is 7.05 Å². The maximum absolute atomic E-state index is 6.01. The summed E-state index contributed by atoms with van der Waals surface area (Å²) in [6, 6.07) is 0. The molecule has 2 atom stereocenters. The summed E-state index contributed by atoms with van der Waals surface area (Å²) in [5, 5.41) is 3.33. The van der Waals surface area contributed by atoms with Crippen molar-refractivity contribution in [2.75, 3.05) is 13.7 Å². The highest BCUT2D eigenvalue weighted by Gasteiger charge is 2.34. The Morgan fingerprint density at radius 1 is 1.56 bits per heavy atom. The molecule has 0 spiro atoms. The molecule has 1 saturated heterocycles. The van der Waals surface area contributed by atoms with Gasteiger partial charge in [-0.15, -0.1) is 0 Å². The van der Waals surface area contributed by atoms with Crippen LogP contribution in [0.5, 0.6) is 0 Å². The lowest BCUT2D eigenvalue weighted by Crippen LogP contribution is -2.34. The van der Waals surface area contributed by atoms with Crippen LogP contribution in [0.3, 0.4) is 0 Å². The van der Waals surface area contributed by atoms with E-state index >= 15 is 0 Å². The van der Waals surface area contributed by atoms with Crippen LogP contribution in [0, 0.1) is 0 Å². The molecule has 0 saturated carbocycles. The first kappa shape index (κ1) is 13.1. The monoisotopic (exact) mass is 250 g/mol. The quantitative estimate of drug-likeness (QED) is 0.773. The van der Waals surface area contributed by atoms with Crippen LogP contribution in [0.2, 0.25) is 0 Å².